The average Bonchev–Trinajstić information content (AvgIpc) is 2.48. The predicted molar refractivity (Wildman–Crippen MR) is 84.9 cm³/mol. The second-order valence-corrected chi connectivity index (χ2v) is 5.18. The largest absolute Gasteiger partial charge is 0.506 e. The SMILES string of the molecule is CCCCCCNC(CC(=O)Nc1ccccc1O)C(=O)O. The Morgan fingerprint density at radius 3 is 2.55 bits per heavy atom. The van der Waals surface area contributed by atoms with Gasteiger partial charge in [-0.15, -0.1) is 0 Å². The van der Waals surface area contributed by atoms with Crippen molar-refractivity contribution in [1.82, 2.24) is 5.32 Å². The number of rotatable bonds is 10. The van der Waals surface area contributed by atoms with Crippen molar-refractivity contribution < 1.29 is 19.8 Å². The molecule has 6 heteroatoms. The zero-order valence-corrected chi connectivity index (χ0v) is 12.8. The summed E-state index contributed by atoms with van der Waals surface area (Å²) in [6.45, 7) is 2.68. The molecule has 0 saturated carbocycles. The van der Waals surface area contributed by atoms with Gasteiger partial charge in [-0.3, -0.25) is 9.59 Å². The minimum atomic E-state index is -1.05. The number of phenolic OH excluding ortho intramolecular Hbond substituents is 1. The Hall–Kier alpha value is -2.08. The van der Waals surface area contributed by atoms with Crippen molar-refractivity contribution in [2.45, 2.75) is 45.1 Å². The molecule has 0 aliphatic heterocycles. The van der Waals surface area contributed by atoms with Crippen LogP contribution in [0.15, 0.2) is 24.3 Å². The van der Waals surface area contributed by atoms with Gasteiger partial charge in [0.2, 0.25) is 5.91 Å². The van der Waals surface area contributed by atoms with Crippen molar-refractivity contribution >= 4 is 17.6 Å². The molecule has 1 atom stereocenters. The molecule has 0 radical (unpaired) electrons. The molecule has 22 heavy (non-hydrogen) atoms. The van der Waals surface area contributed by atoms with Gasteiger partial charge in [0.05, 0.1) is 12.1 Å². The topological polar surface area (TPSA) is 98.7 Å². The van der Waals surface area contributed by atoms with Gasteiger partial charge in [-0.05, 0) is 25.1 Å². The second kappa shape index (κ2) is 9.78. The van der Waals surface area contributed by atoms with E-state index in [1.54, 1.807) is 18.2 Å². The summed E-state index contributed by atoms with van der Waals surface area (Å²) in [4.78, 5) is 23.1. The van der Waals surface area contributed by atoms with E-state index in [9.17, 15) is 14.7 Å². The summed E-state index contributed by atoms with van der Waals surface area (Å²) in [7, 11) is 0. The number of hydrogen-bond acceptors (Lipinski definition) is 4. The number of benzene rings is 1. The van der Waals surface area contributed by atoms with Crippen molar-refractivity contribution in [3.8, 4) is 5.75 Å². The lowest BCUT2D eigenvalue weighted by Crippen LogP contribution is -2.40. The van der Waals surface area contributed by atoms with E-state index in [0.717, 1.165) is 25.7 Å². The minimum absolute atomic E-state index is 0.0461. The van der Waals surface area contributed by atoms with Crippen molar-refractivity contribution in [2.75, 3.05) is 11.9 Å². The molecule has 0 bridgehead atoms. The van der Waals surface area contributed by atoms with E-state index in [-0.39, 0.29) is 17.9 Å². The lowest BCUT2D eigenvalue weighted by molar-refractivity contribution is -0.141. The first kappa shape index (κ1) is 18.0. The molecule has 1 amide bonds. The van der Waals surface area contributed by atoms with Gasteiger partial charge in [0.25, 0.3) is 0 Å². The maximum absolute atomic E-state index is 11.9. The Labute approximate surface area is 130 Å². The fourth-order valence-corrected chi connectivity index (χ4v) is 2.04. The Morgan fingerprint density at radius 2 is 1.91 bits per heavy atom. The van der Waals surface area contributed by atoms with E-state index < -0.39 is 17.9 Å². The van der Waals surface area contributed by atoms with E-state index in [0.29, 0.717) is 6.54 Å². The maximum atomic E-state index is 11.9. The number of phenols is 1. The van der Waals surface area contributed by atoms with Crippen LogP contribution in [0.25, 0.3) is 0 Å². The number of nitrogens with one attached hydrogen (secondary N) is 2. The van der Waals surface area contributed by atoms with E-state index >= 15 is 0 Å². The predicted octanol–water partition coefficient (Wildman–Crippen LogP) is 2.34. The van der Waals surface area contributed by atoms with Gasteiger partial charge < -0.3 is 20.8 Å². The molecular formula is C16H24N2O4. The summed E-state index contributed by atoms with van der Waals surface area (Å²) in [5.74, 6) is -1.55. The van der Waals surface area contributed by atoms with Gasteiger partial charge in [-0.2, -0.15) is 0 Å². The normalized spacial score (nSPS) is 11.9. The van der Waals surface area contributed by atoms with Gasteiger partial charge in [0, 0.05) is 0 Å². The molecule has 122 valence electrons. The molecule has 0 aromatic heterocycles. The zero-order chi connectivity index (χ0) is 16.4. The van der Waals surface area contributed by atoms with Crippen LogP contribution in [0.5, 0.6) is 5.75 Å². The number of aliphatic carboxylic acids is 1. The summed E-state index contributed by atoms with van der Waals surface area (Å²) in [5, 5.41) is 24.1. The summed E-state index contributed by atoms with van der Waals surface area (Å²) in [6.07, 6.45) is 3.98. The first-order valence-electron chi connectivity index (χ1n) is 7.58. The highest BCUT2D eigenvalue weighted by atomic mass is 16.4. The monoisotopic (exact) mass is 308 g/mol. The molecule has 1 aromatic rings. The van der Waals surface area contributed by atoms with E-state index in [1.165, 1.54) is 6.07 Å². The number of unbranched alkanes of at least 4 members (excludes halogenated alkanes) is 3. The fraction of sp³-hybridized carbons (Fsp3) is 0.500. The molecule has 1 unspecified atom stereocenters. The number of carbonyl (C=O) groups excluding carboxylic acids is 1. The van der Waals surface area contributed by atoms with Crippen LogP contribution in [0.3, 0.4) is 0 Å². The third-order valence-corrected chi connectivity index (χ3v) is 3.29. The highest BCUT2D eigenvalue weighted by molar-refractivity contribution is 5.95. The lowest BCUT2D eigenvalue weighted by Gasteiger charge is -2.14. The van der Waals surface area contributed by atoms with Crippen LogP contribution in [-0.4, -0.2) is 34.7 Å². The van der Waals surface area contributed by atoms with Crippen molar-refractivity contribution in [3.05, 3.63) is 24.3 Å². The van der Waals surface area contributed by atoms with Gasteiger partial charge in [0.15, 0.2) is 0 Å². The number of hydrogen-bond donors (Lipinski definition) is 4. The highest BCUT2D eigenvalue weighted by Gasteiger charge is 2.20. The zero-order valence-electron chi connectivity index (χ0n) is 12.8. The molecule has 0 saturated heterocycles. The lowest BCUT2D eigenvalue weighted by atomic mass is 10.1. The molecule has 6 nitrogen and oxygen atoms in total. The van der Waals surface area contributed by atoms with Gasteiger partial charge in [-0.1, -0.05) is 38.3 Å². The Balaban J connectivity index is 2.44. The van der Waals surface area contributed by atoms with Crippen LogP contribution in [0, 0.1) is 0 Å². The molecule has 1 rings (SSSR count). The van der Waals surface area contributed by atoms with Crippen molar-refractivity contribution in [2.24, 2.45) is 0 Å². The maximum Gasteiger partial charge on any atom is 0.321 e. The molecule has 0 heterocycles. The Kier molecular flexibility index (Phi) is 7.99. The van der Waals surface area contributed by atoms with Crippen LogP contribution >= 0.6 is 0 Å². The Bertz CT molecular complexity index is 491. The molecular weight excluding hydrogens is 284 g/mol. The second-order valence-electron chi connectivity index (χ2n) is 5.18. The minimum Gasteiger partial charge on any atom is -0.506 e. The molecule has 4 N–H and O–H groups in total. The molecule has 0 aliphatic rings. The van der Waals surface area contributed by atoms with E-state index in [2.05, 4.69) is 17.6 Å². The number of anilines is 1. The molecule has 0 aliphatic carbocycles. The summed E-state index contributed by atoms with van der Waals surface area (Å²) in [5.41, 5.74) is 0.277. The Morgan fingerprint density at radius 1 is 1.18 bits per heavy atom. The fourth-order valence-electron chi connectivity index (χ4n) is 2.04. The third kappa shape index (κ3) is 6.58. The summed E-state index contributed by atoms with van der Waals surface area (Å²) in [6, 6.07) is 5.41. The summed E-state index contributed by atoms with van der Waals surface area (Å²) >= 11 is 0. The summed E-state index contributed by atoms with van der Waals surface area (Å²) < 4.78 is 0. The highest BCUT2D eigenvalue weighted by Crippen LogP contribution is 2.21. The van der Waals surface area contributed by atoms with Crippen LogP contribution in [0.1, 0.15) is 39.0 Å². The quantitative estimate of drug-likeness (QED) is 0.393. The average molecular weight is 308 g/mol. The van der Waals surface area contributed by atoms with Crippen LogP contribution in [-0.2, 0) is 9.59 Å². The van der Waals surface area contributed by atoms with Gasteiger partial charge in [0.1, 0.15) is 11.8 Å². The number of carbonyl (C=O) groups is 2. The van der Waals surface area contributed by atoms with E-state index in [4.69, 9.17) is 5.11 Å². The smallest absolute Gasteiger partial charge is 0.321 e. The first-order valence-corrected chi connectivity index (χ1v) is 7.58. The first-order chi connectivity index (χ1) is 10.5. The molecule has 0 fully saturated rings. The van der Waals surface area contributed by atoms with Gasteiger partial charge in [-0.25, -0.2) is 0 Å². The number of carboxylic acid groups (broad SMARTS) is 1. The number of carboxylic acids is 1. The van der Waals surface area contributed by atoms with Crippen LogP contribution < -0.4 is 10.6 Å². The van der Waals surface area contributed by atoms with Crippen molar-refractivity contribution in [3.63, 3.8) is 0 Å². The molecule has 1 aromatic carbocycles. The van der Waals surface area contributed by atoms with Crippen LogP contribution in [0.2, 0.25) is 0 Å². The molecule has 0 spiro atoms. The number of amides is 1. The number of aromatic hydroxyl groups is 1. The number of para-hydroxylation sites is 2. The van der Waals surface area contributed by atoms with E-state index in [1.807, 2.05) is 0 Å². The van der Waals surface area contributed by atoms with Crippen molar-refractivity contribution in [1.29, 1.82) is 0 Å². The van der Waals surface area contributed by atoms with Crippen LogP contribution in [0.4, 0.5) is 5.69 Å². The van der Waals surface area contributed by atoms with Gasteiger partial charge >= 0.3 is 5.97 Å². The third-order valence-electron chi connectivity index (χ3n) is 3.29. The standard InChI is InChI=1S/C16H24N2O4/c1-2-3-4-7-10-17-13(16(21)22)11-15(20)18-12-8-5-6-9-14(12)19/h5-6,8-9,13,17,19H,2-4,7,10-11H2,1H3,(H,18,20)(H,21,22).